The second-order valence-corrected chi connectivity index (χ2v) is 2.53. The summed E-state index contributed by atoms with van der Waals surface area (Å²) in [6.45, 7) is 3.11. The van der Waals surface area contributed by atoms with Gasteiger partial charge in [0.2, 0.25) is 0 Å². The van der Waals surface area contributed by atoms with Crippen LogP contribution in [0.2, 0.25) is 0 Å². The second kappa shape index (κ2) is 6.47. The average molecular weight is 168 g/mol. The molecule has 0 aromatic heterocycles. The number of rotatable bonds is 2. The first-order valence-corrected chi connectivity index (χ1v) is 3.23. The monoisotopic (exact) mass is 168 g/mol. The van der Waals surface area contributed by atoms with E-state index in [-0.39, 0.29) is 33.5 Å². The molecule has 0 radical (unpaired) electrons. The minimum atomic E-state index is -3.79. The first-order valence-electron chi connectivity index (χ1n) is 1.62. The Hall–Kier alpha value is 0.346. The molecule has 0 saturated heterocycles. The van der Waals surface area contributed by atoms with Gasteiger partial charge in [0.1, 0.15) is 0 Å². The molecule has 0 atom stereocenters. The van der Waals surface area contributed by atoms with Gasteiger partial charge in [0.25, 0.3) is 10.1 Å². The molecular weight excluding hydrogens is 159 g/mol. The highest BCUT2D eigenvalue weighted by Crippen LogP contribution is 1.78. The third-order valence-corrected chi connectivity index (χ3v) is 0.985. The zero-order chi connectivity index (χ0) is 5.91. The minimum absolute atomic E-state index is 0. The van der Waals surface area contributed by atoms with E-state index in [9.17, 15) is 8.42 Å². The van der Waals surface area contributed by atoms with Crippen molar-refractivity contribution >= 4 is 33.2 Å². The van der Waals surface area contributed by atoms with Crippen LogP contribution in [0.5, 0.6) is 0 Å². The van der Waals surface area contributed by atoms with E-state index in [4.69, 9.17) is 4.55 Å². The fourth-order valence-corrected chi connectivity index (χ4v) is 0.447. The Morgan fingerprint density at radius 1 is 1.56 bits per heavy atom. The van der Waals surface area contributed by atoms with E-state index in [0.29, 0.717) is 0 Å². The van der Waals surface area contributed by atoms with Gasteiger partial charge in [-0.15, -0.1) is 6.58 Å². The molecule has 0 fully saturated rings. The molecule has 0 aliphatic rings. The third kappa shape index (κ3) is 17.8. The van der Waals surface area contributed by atoms with Crippen LogP contribution in [-0.4, -0.2) is 41.8 Å². The van der Waals surface area contributed by atoms with E-state index >= 15 is 0 Å². The molecule has 0 aliphatic heterocycles. The third-order valence-electron chi connectivity index (χ3n) is 0.328. The van der Waals surface area contributed by atoms with Crippen LogP contribution in [0.1, 0.15) is 0 Å². The number of hydrogen-bond acceptors (Lipinski definition) is 2. The molecule has 0 heterocycles. The van der Waals surface area contributed by atoms with Crippen molar-refractivity contribution in [3.05, 3.63) is 12.7 Å². The van der Waals surface area contributed by atoms with E-state index in [1.54, 1.807) is 0 Å². The van der Waals surface area contributed by atoms with Crippen molar-refractivity contribution in [1.29, 1.82) is 0 Å². The average Bonchev–Trinajstić information content (AvgIpc) is 1.30. The van der Waals surface area contributed by atoms with Gasteiger partial charge in [0.15, 0.2) is 0 Å². The van der Waals surface area contributed by atoms with E-state index in [0.717, 1.165) is 6.08 Å². The van der Waals surface area contributed by atoms with Gasteiger partial charge in [-0.1, -0.05) is 6.08 Å². The van der Waals surface area contributed by atoms with Gasteiger partial charge >= 0.3 is 23.1 Å². The first kappa shape index (κ1) is 16.2. The summed E-state index contributed by atoms with van der Waals surface area (Å²) >= 11 is 0. The topological polar surface area (TPSA) is 54.4 Å². The molecule has 0 aliphatic carbocycles. The van der Waals surface area contributed by atoms with Gasteiger partial charge in [-0.2, -0.15) is 8.42 Å². The zero-order valence-electron chi connectivity index (χ0n) is 4.07. The van der Waals surface area contributed by atoms with Crippen molar-refractivity contribution in [3.8, 4) is 0 Å². The molecule has 0 amide bonds. The molecule has 3 nitrogen and oxygen atoms in total. The highest BCUT2D eigenvalue weighted by molar-refractivity contribution is 7.85. The van der Waals surface area contributed by atoms with Crippen LogP contribution in [0, 0.1) is 0 Å². The van der Waals surface area contributed by atoms with Crippen molar-refractivity contribution in [2.45, 2.75) is 0 Å². The summed E-state index contributed by atoms with van der Waals surface area (Å²) in [4.78, 5) is 0. The van der Waals surface area contributed by atoms with Crippen molar-refractivity contribution in [2.24, 2.45) is 0 Å². The molecule has 0 spiro atoms. The minimum Gasteiger partial charge on any atom is -0.285 e. The lowest BCUT2D eigenvalue weighted by Gasteiger charge is -1.82. The summed E-state index contributed by atoms with van der Waals surface area (Å²) in [6, 6.07) is 0. The lowest BCUT2D eigenvalue weighted by Crippen LogP contribution is -1.99. The largest absolute Gasteiger partial charge is 0.316 e. The van der Waals surface area contributed by atoms with Crippen LogP contribution in [-0.2, 0) is 10.1 Å². The molecule has 6 heteroatoms. The van der Waals surface area contributed by atoms with Gasteiger partial charge in [-0.05, 0) is 0 Å². The van der Waals surface area contributed by atoms with E-state index in [1.807, 2.05) is 0 Å². The van der Waals surface area contributed by atoms with Crippen LogP contribution in [0.4, 0.5) is 4.70 Å². The number of hydrogen-bond donors (Lipinski definition) is 1. The molecule has 0 aromatic carbocycles. The first-order chi connectivity index (χ1) is 3.06. The Kier molecular flexibility index (Phi) is 11.6. The van der Waals surface area contributed by atoms with E-state index < -0.39 is 10.1 Å². The fraction of sp³-hybridized carbons (Fsp3) is 0.333. The number of halogens is 1. The second-order valence-electron chi connectivity index (χ2n) is 1.04. The predicted octanol–water partition coefficient (Wildman–Crippen LogP) is -0.703. The maximum Gasteiger partial charge on any atom is 0.316 e. The fourth-order valence-electron chi connectivity index (χ4n) is 0.149. The van der Waals surface area contributed by atoms with Crippen LogP contribution in [0.25, 0.3) is 0 Å². The van der Waals surface area contributed by atoms with Crippen molar-refractivity contribution in [3.63, 3.8) is 0 Å². The molecule has 0 unspecified atom stereocenters. The maximum atomic E-state index is 9.72. The van der Waals surface area contributed by atoms with Gasteiger partial charge in [-0.25, -0.2) is 0 Å². The Balaban J connectivity index is -0.000000180. The summed E-state index contributed by atoms with van der Waals surface area (Å²) < 4.78 is 27.3. The molecule has 0 bridgehead atoms. The van der Waals surface area contributed by atoms with E-state index in [1.165, 1.54) is 0 Å². The zero-order valence-corrected chi connectivity index (χ0v) is 4.89. The van der Waals surface area contributed by atoms with Crippen molar-refractivity contribution in [2.75, 3.05) is 5.75 Å². The van der Waals surface area contributed by atoms with Crippen LogP contribution >= 0.6 is 0 Å². The Morgan fingerprint density at radius 3 is 1.89 bits per heavy atom. The maximum absolute atomic E-state index is 9.72. The van der Waals surface area contributed by atoms with Gasteiger partial charge in [0.05, 0.1) is 5.75 Å². The lowest BCUT2D eigenvalue weighted by atomic mass is 10.8. The van der Waals surface area contributed by atoms with Crippen molar-refractivity contribution < 1.29 is 17.7 Å². The quantitative estimate of drug-likeness (QED) is 0.337. The standard InChI is InChI=1S/C3H6O3S.FH.Mg.2H/c1-2-3-7(4,5)6;;;;/h2H,1,3H2,(H,4,5,6);1H;;;. The van der Waals surface area contributed by atoms with Crippen LogP contribution in [0.3, 0.4) is 0 Å². The Morgan fingerprint density at radius 2 is 1.89 bits per heavy atom. The Bertz CT molecular complexity index is 152. The molecule has 9 heavy (non-hydrogen) atoms. The smallest absolute Gasteiger partial charge is 0.285 e. The summed E-state index contributed by atoms with van der Waals surface area (Å²) in [7, 11) is -3.79. The highest BCUT2D eigenvalue weighted by atomic mass is 32.2. The van der Waals surface area contributed by atoms with E-state index in [2.05, 4.69) is 6.58 Å². The molecule has 0 aromatic rings. The van der Waals surface area contributed by atoms with Gasteiger partial charge in [-0.3, -0.25) is 9.26 Å². The Labute approximate surface area is 69.4 Å². The molecule has 0 saturated carbocycles. The molecular formula is C3H9FMgO3S. The summed E-state index contributed by atoms with van der Waals surface area (Å²) in [5.74, 6) is -0.368. The van der Waals surface area contributed by atoms with Crippen LogP contribution in [0.15, 0.2) is 12.7 Å². The highest BCUT2D eigenvalue weighted by Gasteiger charge is 1.95. The summed E-state index contributed by atoms with van der Waals surface area (Å²) in [5, 5.41) is 0. The van der Waals surface area contributed by atoms with Gasteiger partial charge in [0, 0.05) is 0 Å². The molecule has 0 rings (SSSR count). The summed E-state index contributed by atoms with van der Waals surface area (Å²) in [6.07, 6.45) is 1.12. The predicted molar refractivity (Wildman–Crippen MR) is 37.7 cm³/mol. The van der Waals surface area contributed by atoms with Crippen LogP contribution < -0.4 is 0 Å². The van der Waals surface area contributed by atoms with Crippen molar-refractivity contribution in [1.82, 2.24) is 0 Å². The molecule has 54 valence electrons. The summed E-state index contributed by atoms with van der Waals surface area (Å²) in [5.41, 5.74) is 0. The lowest BCUT2D eigenvalue weighted by molar-refractivity contribution is 0.487. The molecule has 1 N–H and O–H groups in total. The normalized spacial score (nSPS) is 8.56. The van der Waals surface area contributed by atoms with Gasteiger partial charge < -0.3 is 0 Å². The SMILES string of the molecule is C=CCS(=O)(=O)O.F.[MgH2].